The molecular weight excluding hydrogens is 174 g/mol. The summed E-state index contributed by atoms with van der Waals surface area (Å²) < 4.78 is 0. The van der Waals surface area contributed by atoms with Gasteiger partial charge in [-0.1, -0.05) is 38.0 Å². The van der Waals surface area contributed by atoms with Crippen molar-refractivity contribution in [3.05, 3.63) is 36.6 Å². The van der Waals surface area contributed by atoms with Crippen LogP contribution in [0.2, 0.25) is 0 Å². The molecule has 1 N–H and O–H groups in total. The molecule has 0 atom stereocenters. The maximum absolute atomic E-state index is 11.1. The lowest BCUT2D eigenvalue weighted by Crippen LogP contribution is -2.13. The van der Waals surface area contributed by atoms with Crippen LogP contribution >= 0.6 is 0 Å². The van der Waals surface area contributed by atoms with Crippen molar-refractivity contribution in [2.24, 2.45) is 0 Å². The average molecular weight is 193 g/mol. The van der Waals surface area contributed by atoms with Gasteiger partial charge >= 0.3 is 0 Å². The first-order chi connectivity index (χ1) is 6.81. The summed E-state index contributed by atoms with van der Waals surface area (Å²) >= 11 is 0. The summed E-state index contributed by atoms with van der Waals surface area (Å²) in [5, 5.41) is 2.64. The van der Waals surface area contributed by atoms with Crippen LogP contribution in [-0.4, -0.2) is 5.91 Å². The van der Waals surface area contributed by atoms with Gasteiger partial charge in [0.25, 0.3) is 0 Å². The van der Waals surface area contributed by atoms with Crippen LogP contribution in [0.25, 0.3) is 0 Å². The van der Waals surface area contributed by atoms with E-state index in [1.165, 1.54) is 0 Å². The van der Waals surface area contributed by atoms with E-state index in [0.717, 1.165) is 19.3 Å². The zero-order chi connectivity index (χ0) is 10.6. The molecule has 0 radical (unpaired) electrons. The first-order valence-corrected chi connectivity index (χ1v) is 5.06. The fourth-order valence-corrected chi connectivity index (χ4v) is 0.857. The van der Waals surface area contributed by atoms with Gasteiger partial charge < -0.3 is 5.32 Å². The number of carbonyl (C=O) groups excluding carboxylic acids is 1. The molecule has 0 aliphatic carbocycles. The van der Waals surface area contributed by atoms with Crippen molar-refractivity contribution < 1.29 is 4.79 Å². The molecule has 0 bridgehead atoms. The predicted molar refractivity (Wildman–Crippen MR) is 60.8 cm³/mol. The molecule has 2 nitrogen and oxygen atoms in total. The Morgan fingerprint density at radius 3 is 2.79 bits per heavy atom. The third kappa shape index (κ3) is 8.78. The van der Waals surface area contributed by atoms with Gasteiger partial charge in [-0.15, -0.1) is 0 Å². The first-order valence-electron chi connectivity index (χ1n) is 5.06. The summed E-state index contributed by atoms with van der Waals surface area (Å²) in [4.78, 5) is 11.1. The lowest BCUT2D eigenvalue weighted by atomic mass is 10.2. The average Bonchev–Trinajstić information content (AvgIpc) is 2.19. The molecule has 0 aliphatic rings. The molecule has 2 heteroatoms. The van der Waals surface area contributed by atoms with Crippen molar-refractivity contribution in [2.75, 3.05) is 0 Å². The van der Waals surface area contributed by atoms with Gasteiger partial charge in [0.05, 0.1) is 0 Å². The quantitative estimate of drug-likeness (QED) is 0.392. The van der Waals surface area contributed by atoms with Gasteiger partial charge in [-0.2, -0.15) is 0 Å². The molecule has 1 amide bonds. The number of hydrogen-bond acceptors (Lipinski definition) is 1. The molecule has 0 aromatic heterocycles. The van der Waals surface area contributed by atoms with E-state index in [1.807, 2.05) is 25.2 Å². The Morgan fingerprint density at radius 1 is 1.36 bits per heavy atom. The Morgan fingerprint density at radius 2 is 2.14 bits per heavy atom. The minimum absolute atomic E-state index is 0.0677. The van der Waals surface area contributed by atoms with Crippen LogP contribution in [-0.2, 0) is 4.79 Å². The third-order valence-electron chi connectivity index (χ3n) is 1.62. The topological polar surface area (TPSA) is 29.1 Å². The van der Waals surface area contributed by atoms with Crippen molar-refractivity contribution >= 4 is 5.91 Å². The number of rotatable bonds is 6. The summed E-state index contributed by atoms with van der Waals surface area (Å²) in [5.74, 6) is -0.0677. The molecule has 0 rings (SSSR count). The minimum atomic E-state index is -0.0677. The van der Waals surface area contributed by atoms with Crippen molar-refractivity contribution in [2.45, 2.75) is 33.1 Å². The number of amides is 1. The van der Waals surface area contributed by atoms with E-state index in [-0.39, 0.29) is 5.91 Å². The van der Waals surface area contributed by atoms with E-state index in [2.05, 4.69) is 12.2 Å². The Balaban J connectivity index is 3.59. The van der Waals surface area contributed by atoms with Crippen LogP contribution in [0.3, 0.4) is 0 Å². The van der Waals surface area contributed by atoms with Crippen LogP contribution < -0.4 is 5.32 Å². The highest BCUT2D eigenvalue weighted by Crippen LogP contribution is 1.94. The zero-order valence-electron chi connectivity index (χ0n) is 8.99. The van der Waals surface area contributed by atoms with Gasteiger partial charge in [0.1, 0.15) is 0 Å². The second-order valence-corrected chi connectivity index (χ2v) is 2.94. The SMILES string of the molecule is C/C=C/C=C\NC(=O)/C=C\CCCC. The summed E-state index contributed by atoms with van der Waals surface area (Å²) in [6.45, 7) is 4.06. The molecule has 0 fully saturated rings. The van der Waals surface area contributed by atoms with Crippen LogP contribution in [0.5, 0.6) is 0 Å². The van der Waals surface area contributed by atoms with E-state index in [1.54, 1.807) is 18.4 Å². The van der Waals surface area contributed by atoms with E-state index in [9.17, 15) is 4.79 Å². The molecule has 0 heterocycles. The largest absolute Gasteiger partial charge is 0.329 e. The maximum atomic E-state index is 11.1. The summed E-state index contributed by atoms with van der Waals surface area (Å²) in [7, 11) is 0. The number of nitrogens with one attached hydrogen (secondary N) is 1. The number of allylic oxidation sites excluding steroid dienone is 4. The lowest BCUT2D eigenvalue weighted by molar-refractivity contribution is -0.115. The Kier molecular flexibility index (Phi) is 8.86. The second-order valence-electron chi connectivity index (χ2n) is 2.94. The molecule has 14 heavy (non-hydrogen) atoms. The smallest absolute Gasteiger partial charge is 0.247 e. The Hall–Kier alpha value is -1.31. The van der Waals surface area contributed by atoms with Gasteiger partial charge in [0.2, 0.25) is 5.91 Å². The minimum Gasteiger partial charge on any atom is -0.329 e. The highest BCUT2D eigenvalue weighted by Gasteiger charge is 1.87. The molecule has 0 saturated heterocycles. The zero-order valence-corrected chi connectivity index (χ0v) is 8.99. The highest BCUT2D eigenvalue weighted by molar-refractivity contribution is 5.88. The molecule has 0 aromatic carbocycles. The molecule has 0 saturated carbocycles. The number of carbonyl (C=O) groups is 1. The highest BCUT2D eigenvalue weighted by atomic mass is 16.1. The van der Waals surface area contributed by atoms with Crippen LogP contribution in [0.4, 0.5) is 0 Å². The van der Waals surface area contributed by atoms with E-state index >= 15 is 0 Å². The fraction of sp³-hybridized carbons (Fsp3) is 0.417. The molecular formula is C12H19NO. The van der Waals surface area contributed by atoms with Gasteiger partial charge in [0.15, 0.2) is 0 Å². The Bertz CT molecular complexity index is 226. The Labute approximate surface area is 86.4 Å². The first kappa shape index (κ1) is 12.7. The van der Waals surface area contributed by atoms with Gasteiger partial charge in [0, 0.05) is 6.20 Å². The number of hydrogen-bond donors (Lipinski definition) is 1. The van der Waals surface area contributed by atoms with Crippen molar-refractivity contribution in [3.8, 4) is 0 Å². The molecule has 0 aliphatic heterocycles. The molecule has 0 aromatic rings. The van der Waals surface area contributed by atoms with E-state index in [4.69, 9.17) is 0 Å². The fourth-order valence-electron chi connectivity index (χ4n) is 0.857. The standard InChI is InChI=1S/C12H19NO/c1-3-5-7-8-10-12(14)13-11-9-6-4-2/h4,6,8-11H,3,5,7H2,1-2H3,(H,13,14)/b6-4+,10-8-,11-9-. The second kappa shape index (κ2) is 9.78. The summed E-state index contributed by atoms with van der Waals surface area (Å²) in [6.07, 6.45) is 13.9. The monoisotopic (exact) mass is 193 g/mol. The van der Waals surface area contributed by atoms with Gasteiger partial charge in [-0.25, -0.2) is 0 Å². The van der Waals surface area contributed by atoms with Crippen molar-refractivity contribution in [3.63, 3.8) is 0 Å². The maximum Gasteiger partial charge on any atom is 0.247 e. The molecule has 78 valence electrons. The third-order valence-corrected chi connectivity index (χ3v) is 1.62. The normalized spacial score (nSPS) is 11.9. The van der Waals surface area contributed by atoms with Crippen molar-refractivity contribution in [1.29, 1.82) is 0 Å². The van der Waals surface area contributed by atoms with Gasteiger partial charge in [-0.05, 0) is 25.5 Å². The van der Waals surface area contributed by atoms with Crippen molar-refractivity contribution in [1.82, 2.24) is 5.32 Å². The molecule has 0 spiro atoms. The van der Waals surface area contributed by atoms with Crippen LogP contribution in [0.15, 0.2) is 36.6 Å². The van der Waals surface area contributed by atoms with E-state index < -0.39 is 0 Å². The summed E-state index contributed by atoms with van der Waals surface area (Å²) in [6, 6.07) is 0. The van der Waals surface area contributed by atoms with Crippen LogP contribution in [0.1, 0.15) is 33.1 Å². The summed E-state index contributed by atoms with van der Waals surface area (Å²) in [5.41, 5.74) is 0. The lowest BCUT2D eigenvalue weighted by Gasteiger charge is -1.91. The van der Waals surface area contributed by atoms with Gasteiger partial charge in [-0.3, -0.25) is 4.79 Å². The number of unbranched alkanes of at least 4 members (excludes halogenated alkanes) is 2. The predicted octanol–water partition coefficient (Wildman–Crippen LogP) is 2.94. The molecule has 0 unspecified atom stereocenters. The van der Waals surface area contributed by atoms with Crippen LogP contribution in [0, 0.1) is 0 Å². The van der Waals surface area contributed by atoms with E-state index in [0.29, 0.717) is 0 Å².